The lowest BCUT2D eigenvalue weighted by molar-refractivity contribution is -0.118. The van der Waals surface area contributed by atoms with Gasteiger partial charge >= 0.3 is 0 Å². The lowest BCUT2D eigenvalue weighted by Crippen LogP contribution is -2.27. The van der Waals surface area contributed by atoms with Crippen molar-refractivity contribution in [3.05, 3.63) is 65.7 Å². The van der Waals surface area contributed by atoms with Crippen molar-refractivity contribution in [1.82, 2.24) is 19.9 Å². The monoisotopic (exact) mass is 406 g/mol. The van der Waals surface area contributed by atoms with Crippen molar-refractivity contribution >= 4 is 34.2 Å². The summed E-state index contributed by atoms with van der Waals surface area (Å²) < 4.78 is 7.34. The predicted octanol–water partition coefficient (Wildman–Crippen LogP) is 3.65. The first-order chi connectivity index (χ1) is 14.2. The summed E-state index contributed by atoms with van der Waals surface area (Å²) in [6.45, 7) is 2.62. The summed E-state index contributed by atoms with van der Waals surface area (Å²) in [6.07, 6.45) is 0.816. The van der Waals surface area contributed by atoms with Crippen LogP contribution < -0.4 is 10.1 Å². The molecule has 0 atom stereocenters. The highest BCUT2D eigenvalue weighted by Crippen LogP contribution is 2.28. The molecule has 0 aliphatic carbocycles. The molecule has 0 radical (unpaired) electrons. The number of aromatic nitrogens is 3. The Morgan fingerprint density at radius 1 is 1.14 bits per heavy atom. The van der Waals surface area contributed by atoms with Gasteiger partial charge < -0.3 is 10.1 Å². The molecule has 0 unspecified atom stereocenters. The van der Waals surface area contributed by atoms with Gasteiger partial charge in [-0.1, -0.05) is 42.1 Å². The van der Waals surface area contributed by atoms with Crippen LogP contribution in [0.3, 0.4) is 0 Å². The molecule has 2 aromatic carbocycles. The minimum absolute atomic E-state index is 0.0127. The third-order valence-corrected chi connectivity index (χ3v) is 5.67. The molecule has 29 heavy (non-hydrogen) atoms. The molecule has 0 aliphatic rings. The summed E-state index contributed by atoms with van der Waals surface area (Å²) in [7, 11) is 1.66. The molecule has 7 heteroatoms. The molecule has 1 amide bonds. The largest absolute Gasteiger partial charge is 0.497 e. The highest BCUT2D eigenvalue weighted by atomic mass is 32.2. The molecule has 4 aromatic rings. The van der Waals surface area contributed by atoms with E-state index in [1.165, 1.54) is 17.3 Å². The van der Waals surface area contributed by atoms with Gasteiger partial charge in [-0.25, -0.2) is 0 Å². The molecule has 0 spiro atoms. The Hall–Kier alpha value is -3.06. The normalized spacial score (nSPS) is 11.1. The molecule has 4 rings (SSSR count). The van der Waals surface area contributed by atoms with Gasteiger partial charge in [-0.05, 0) is 48.7 Å². The molecule has 2 heterocycles. The first-order valence-corrected chi connectivity index (χ1v) is 10.4. The Bertz CT molecular complexity index is 1160. The fourth-order valence-corrected chi connectivity index (χ4v) is 4.06. The number of benzene rings is 2. The molecule has 0 saturated heterocycles. The van der Waals surface area contributed by atoms with Gasteiger partial charge in [0, 0.05) is 11.9 Å². The zero-order chi connectivity index (χ0) is 20.2. The number of fused-ring (bicyclic) bond motifs is 3. The quantitative estimate of drug-likeness (QED) is 0.475. The standard InChI is InChI=1S/C22H22N4O2S/c1-15-12-17-13-18(28-2)8-9-19(17)26-21(15)24-25-22(26)29-14-20(27)23-11-10-16-6-4-3-5-7-16/h3-9,12-13H,10-11,14H2,1-2H3,(H,23,27). The summed E-state index contributed by atoms with van der Waals surface area (Å²) in [5, 5.41) is 13.4. The molecular weight excluding hydrogens is 384 g/mol. The van der Waals surface area contributed by atoms with Crippen LogP contribution >= 0.6 is 11.8 Å². The van der Waals surface area contributed by atoms with E-state index in [0.717, 1.165) is 34.3 Å². The number of ether oxygens (including phenoxy) is 1. The summed E-state index contributed by atoms with van der Waals surface area (Å²) >= 11 is 1.39. The predicted molar refractivity (Wildman–Crippen MR) is 116 cm³/mol. The van der Waals surface area contributed by atoms with Crippen molar-refractivity contribution in [3.63, 3.8) is 0 Å². The molecule has 6 nitrogen and oxygen atoms in total. The van der Waals surface area contributed by atoms with E-state index in [-0.39, 0.29) is 5.91 Å². The first-order valence-electron chi connectivity index (χ1n) is 9.41. The molecule has 0 fully saturated rings. The maximum atomic E-state index is 12.3. The van der Waals surface area contributed by atoms with Gasteiger partial charge in [0.2, 0.25) is 5.91 Å². The van der Waals surface area contributed by atoms with Crippen LogP contribution in [0.25, 0.3) is 16.6 Å². The number of aryl methyl sites for hydroxylation is 1. The van der Waals surface area contributed by atoms with Crippen LogP contribution in [0.15, 0.2) is 59.8 Å². The minimum Gasteiger partial charge on any atom is -0.497 e. The van der Waals surface area contributed by atoms with Crippen molar-refractivity contribution in [2.24, 2.45) is 0 Å². The molecular formula is C22H22N4O2S. The highest BCUT2D eigenvalue weighted by Gasteiger charge is 2.14. The lowest BCUT2D eigenvalue weighted by Gasteiger charge is -2.09. The second kappa shape index (κ2) is 8.53. The number of rotatable bonds is 7. The molecule has 1 N–H and O–H groups in total. The average molecular weight is 407 g/mol. The Morgan fingerprint density at radius 3 is 2.76 bits per heavy atom. The van der Waals surface area contributed by atoms with Gasteiger partial charge in [-0.15, -0.1) is 10.2 Å². The van der Waals surface area contributed by atoms with E-state index >= 15 is 0 Å². The van der Waals surface area contributed by atoms with Crippen LogP contribution in [0.4, 0.5) is 0 Å². The molecule has 0 saturated carbocycles. The van der Waals surface area contributed by atoms with Crippen molar-refractivity contribution in [2.45, 2.75) is 18.5 Å². The lowest BCUT2D eigenvalue weighted by atomic mass is 10.1. The number of pyridine rings is 1. The van der Waals surface area contributed by atoms with Crippen LogP contribution in [-0.2, 0) is 11.2 Å². The number of thioether (sulfide) groups is 1. The van der Waals surface area contributed by atoms with Gasteiger partial charge in [0.05, 0.1) is 18.4 Å². The number of nitrogens with one attached hydrogen (secondary N) is 1. The number of methoxy groups -OCH3 is 1. The third kappa shape index (κ3) is 4.19. The minimum atomic E-state index is -0.0127. The van der Waals surface area contributed by atoms with Crippen molar-refractivity contribution < 1.29 is 9.53 Å². The van der Waals surface area contributed by atoms with Crippen LogP contribution in [-0.4, -0.2) is 39.9 Å². The maximum Gasteiger partial charge on any atom is 0.230 e. The van der Waals surface area contributed by atoms with Gasteiger partial charge in [-0.2, -0.15) is 0 Å². The van der Waals surface area contributed by atoms with Crippen molar-refractivity contribution in [3.8, 4) is 5.75 Å². The summed E-state index contributed by atoms with van der Waals surface area (Å²) in [6, 6.07) is 18.1. The maximum absolute atomic E-state index is 12.3. The fraction of sp³-hybridized carbons (Fsp3) is 0.227. The Balaban J connectivity index is 1.47. The number of carbonyl (C=O) groups is 1. The van der Waals surface area contributed by atoms with E-state index in [2.05, 4.69) is 33.7 Å². The Morgan fingerprint density at radius 2 is 1.97 bits per heavy atom. The number of nitrogens with zero attached hydrogens (tertiary/aromatic N) is 3. The van der Waals surface area contributed by atoms with E-state index in [1.54, 1.807) is 7.11 Å². The average Bonchev–Trinajstić information content (AvgIpc) is 3.17. The van der Waals surface area contributed by atoms with Crippen LogP contribution in [0.2, 0.25) is 0 Å². The Labute approximate surface area is 173 Å². The highest BCUT2D eigenvalue weighted by molar-refractivity contribution is 7.99. The van der Waals surface area contributed by atoms with Gasteiger partial charge in [0.1, 0.15) is 5.75 Å². The fourth-order valence-electron chi connectivity index (χ4n) is 3.28. The van der Waals surface area contributed by atoms with Gasteiger partial charge in [0.15, 0.2) is 10.8 Å². The number of carbonyl (C=O) groups excluding carboxylic acids is 1. The third-order valence-electron chi connectivity index (χ3n) is 4.74. The number of hydrogen-bond acceptors (Lipinski definition) is 5. The van der Waals surface area contributed by atoms with E-state index in [9.17, 15) is 4.79 Å². The van der Waals surface area contributed by atoms with Crippen molar-refractivity contribution in [2.75, 3.05) is 19.4 Å². The van der Waals surface area contributed by atoms with Crippen LogP contribution in [0, 0.1) is 6.92 Å². The van der Waals surface area contributed by atoms with Gasteiger partial charge in [-0.3, -0.25) is 9.20 Å². The molecule has 148 valence electrons. The summed E-state index contributed by atoms with van der Waals surface area (Å²) in [5.74, 6) is 1.08. The number of hydrogen-bond donors (Lipinski definition) is 1. The zero-order valence-electron chi connectivity index (χ0n) is 16.4. The van der Waals surface area contributed by atoms with Crippen molar-refractivity contribution in [1.29, 1.82) is 0 Å². The van der Waals surface area contributed by atoms with Crippen LogP contribution in [0.1, 0.15) is 11.1 Å². The van der Waals surface area contributed by atoms with E-state index in [4.69, 9.17) is 4.74 Å². The second-order valence-corrected chi connectivity index (χ2v) is 7.71. The van der Waals surface area contributed by atoms with E-state index < -0.39 is 0 Å². The summed E-state index contributed by atoms with van der Waals surface area (Å²) in [5.41, 5.74) is 4.02. The smallest absolute Gasteiger partial charge is 0.230 e. The molecule has 0 bridgehead atoms. The zero-order valence-corrected chi connectivity index (χ0v) is 17.2. The Kier molecular flexibility index (Phi) is 5.67. The number of amides is 1. The van der Waals surface area contributed by atoms with Crippen LogP contribution in [0.5, 0.6) is 5.75 Å². The van der Waals surface area contributed by atoms with E-state index in [0.29, 0.717) is 17.5 Å². The molecule has 0 aliphatic heterocycles. The SMILES string of the molecule is COc1ccc2c(c1)cc(C)c1nnc(SCC(=O)NCCc3ccccc3)n12. The first kappa shape index (κ1) is 19.3. The van der Waals surface area contributed by atoms with E-state index in [1.807, 2.05) is 47.7 Å². The second-order valence-electron chi connectivity index (χ2n) is 6.77. The summed E-state index contributed by atoms with van der Waals surface area (Å²) in [4.78, 5) is 12.3. The topological polar surface area (TPSA) is 68.5 Å². The molecule has 2 aromatic heterocycles. The van der Waals surface area contributed by atoms with Gasteiger partial charge in [0.25, 0.3) is 0 Å².